The lowest BCUT2D eigenvalue weighted by Gasteiger charge is -2.32. The van der Waals surface area contributed by atoms with Crippen molar-refractivity contribution >= 4 is 17.5 Å². The number of aromatic nitrogens is 1. The van der Waals surface area contributed by atoms with E-state index in [2.05, 4.69) is 5.32 Å². The molecule has 0 radical (unpaired) electrons. The summed E-state index contributed by atoms with van der Waals surface area (Å²) in [6.45, 7) is 2.72. The van der Waals surface area contributed by atoms with Crippen LogP contribution in [0.5, 0.6) is 0 Å². The number of halogens is 1. The second kappa shape index (κ2) is 5.76. The fourth-order valence-corrected chi connectivity index (χ4v) is 2.78. The highest BCUT2D eigenvalue weighted by Crippen LogP contribution is 2.20. The Kier molecular flexibility index (Phi) is 4.30. The van der Waals surface area contributed by atoms with Gasteiger partial charge in [0.05, 0.1) is 5.02 Å². The topological polar surface area (TPSA) is 37.3 Å². The van der Waals surface area contributed by atoms with Gasteiger partial charge in [-0.25, -0.2) is 0 Å². The van der Waals surface area contributed by atoms with Gasteiger partial charge in [-0.15, -0.1) is 0 Å². The van der Waals surface area contributed by atoms with Crippen molar-refractivity contribution in [2.24, 2.45) is 13.0 Å². The molecule has 0 unspecified atom stereocenters. The summed E-state index contributed by atoms with van der Waals surface area (Å²) in [5.41, 5.74) is 0.673. The maximum atomic E-state index is 12.3. The Hall–Kier alpha value is -1.00. The van der Waals surface area contributed by atoms with Crippen molar-refractivity contribution in [3.05, 3.63) is 23.0 Å². The standard InChI is InChI=1S/C13H20ClN3O/c1-15-8-10-3-5-17(6-4-10)13(18)12-7-11(14)9-16(12)2/h7,9-10,15H,3-6,8H2,1-2H3. The summed E-state index contributed by atoms with van der Waals surface area (Å²) < 4.78 is 1.80. The van der Waals surface area contributed by atoms with Gasteiger partial charge in [0.25, 0.3) is 5.91 Å². The molecule has 100 valence electrons. The van der Waals surface area contributed by atoms with Gasteiger partial charge in [-0.1, -0.05) is 11.6 Å². The summed E-state index contributed by atoms with van der Waals surface area (Å²) in [4.78, 5) is 14.3. The zero-order valence-electron chi connectivity index (χ0n) is 10.9. The van der Waals surface area contributed by atoms with Crippen molar-refractivity contribution in [2.75, 3.05) is 26.7 Å². The molecule has 4 nitrogen and oxygen atoms in total. The fourth-order valence-electron chi connectivity index (χ4n) is 2.53. The highest BCUT2D eigenvalue weighted by Gasteiger charge is 2.24. The molecule has 1 saturated heterocycles. The molecule has 0 bridgehead atoms. The van der Waals surface area contributed by atoms with Crippen LogP contribution in [0.25, 0.3) is 0 Å². The maximum Gasteiger partial charge on any atom is 0.270 e. The highest BCUT2D eigenvalue weighted by molar-refractivity contribution is 6.31. The molecule has 2 rings (SSSR count). The minimum absolute atomic E-state index is 0.0901. The molecule has 0 atom stereocenters. The molecular weight excluding hydrogens is 250 g/mol. The summed E-state index contributed by atoms with van der Waals surface area (Å²) in [5, 5.41) is 3.82. The van der Waals surface area contributed by atoms with Crippen molar-refractivity contribution in [2.45, 2.75) is 12.8 Å². The van der Waals surface area contributed by atoms with Gasteiger partial charge in [0.2, 0.25) is 0 Å². The van der Waals surface area contributed by atoms with Crippen molar-refractivity contribution < 1.29 is 4.79 Å². The van der Waals surface area contributed by atoms with Crippen LogP contribution in [0.4, 0.5) is 0 Å². The normalized spacial score (nSPS) is 17.2. The lowest BCUT2D eigenvalue weighted by molar-refractivity contribution is 0.0681. The Labute approximate surface area is 113 Å². The van der Waals surface area contributed by atoms with Crippen molar-refractivity contribution in [1.82, 2.24) is 14.8 Å². The van der Waals surface area contributed by atoms with Gasteiger partial charge in [-0.3, -0.25) is 4.79 Å². The van der Waals surface area contributed by atoms with E-state index in [-0.39, 0.29) is 5.91 Å². The Morgan fingerprint density at radius 2 is 2.17 bits per heavy atom. The number of rotatable bonds is 3. The van der Waals surface area contributed by atoms with Crippen LogP contribution in [0.1, 0.15) is 23.3 Å². The molecule has 0 saturated carbocycles. The Bertz CT molecular complexity index is 422. The Morgan fingerprint density at radius 3 is 2.67 bits per heavy atom. The van der Waals surface area contributed by atoms with Gasteiger partial charge in [-0.2, -0.15) is 0 Å². The molecule has 1 aromatic rings. The molecule has 0 aromatic carbocycles. The number of carbonyl (C=O) groups excluding carboxylic acids is 1. The highest BCUT2D eigenvalue weighted by atomic mass is 35.5. The third-order valence-corrected chi connectivity index (χ3v) is 3.79. The maximum absolute atomic E-state index is 12.3. The lowest BCUT2D eigenvalue weighted by atomic mass is 9.96. The van der Waals surface area contributed by atoms with Crippen molar-refractivity contribution in [1.29, 1.82) is 0 Å². The molecule has 5 heteroatoms. The molecule has 1 aliphatic rings. The van der Waals surface area contributed by atoms with Gasteiger partial charge in [-0.05, 0) is 38.4 Å². The van der Waals surface area contributed by atoms with Crippen LogP contribution in [-0.4, -0.2) is 42.1 Å². The number of aryl methyl sites for hydroxylation is 1. The fraction of sp³-hybridized carbons (Fsp3) is 0.615. The van der Waals surface area contributed by atoms with E-state index < -0.39 is 0 Å². The zero-order chi connectivity index (χ0) is 13.1. The molecule has 1 N–H and O–H groups in total. The number of piperidine rings is 1. The van der Waals surface area contributed by atoms with Crippen LogP contribution in [-0.2, 0) is 7.05 Å². The molecular formula is C13H20ClN3O. The van der Waals surface area contributed by atoms with E-state index in [0.717, 1.165) is 32.5 Å². The molecule has 1 aliphatic heterocycles. The first-order valence-electron chi connectivity index (χ1n) is 6.37. The predicted octanol–water partition coefficient (Wildman–Crippen LogP) is 1.75. The van der Waals surface area contributed by atoms with Gasteiger partial charge >= 0.3 is 0 Å². The second-order valence-corrected chi connectivity index (χ2v) is 5.38. The molecule has 0 aliphatic carbocycles. The van der Waals surface area contributed by atoms with E-state index in [1.54, 1.807) is 16.8 Å². The van der Waals surface area contributed by atoms with Crippen molar-refractivity contribution in [3.63, 3.8) is 0 Å². The van der Waals surface area contributed by atoms with Crippen LogP contribution < -0.4 is 5.32 Å². The molecule has 2 heterocycles. The summed E-state index contributed by atoms with van der Waals surface area (Å²) in [5.74, 6) is 0.781. The molecule has 1 aromatic heterocycles. The third-order valence-electron chi connectivity index (χ3n) is 3.59. The van der Waals surface area contributed by atoms with Gasteiger partial charge < -0.3 is 14.8 Å². The summed E-state index contributed by atoms with van der Waals surface area (Å²) in [7, 11) is 3.83. The monoisotopic (exact) mass is 269 g/mol. The molecule has 0 spiro atoms. The minimum atomic E-state index is 0.0901. The van der Waals surface area contributed by atoms with E-state index >= 15 is 0 Å². The van der Waals surface area contributed by atoms with E-state index in [1.165, 1.54) is 0 Å². The summed E-state index contributed by atoms with van der Waals surface area (Å²) >= 11 is 5.91. The van der Waals surface area contributed by atoms with Crippen LogP contribution in [0.15, 0.2) is 12.3 Å². The lowest BCUT2D eigenvalue weighted by Crippen LogP contribution is -2.41. The van der Waals surface area contributed by atoms with Crippen LogP contribution in [0, 0.1) is 5.92 Å². The summed E-state index contributed by atoms with van der Waals surface area (Å²) in [6, 6.07) is 1.74. The smallest absolute Gasteiger partial charge is 0.270 e. The van der Waals surface area contributed by atoms with E-state index in [1.807, 2.05) is 19.0 Å². The average Bonchev–Trinajstić information content (AvgIpc) is 2.69. The number of nitrogens with one attached hydrogen (secondary N) is 1. The first-order valence-corrected chi connectivity index (χ1v) is 6.75. The van der Waals surface area contributed by atoms with E-state index in [0.29, 0.717) is 16.6 Å². The zero-order valence-corrected chi connectivity index (χ0v) is 11.7. The van der Waals surface area contributed by atoms with Gasteiger partial charge in [0, 0.05) is 26.3 Å². The quantitative estimate of drug-likeness (QED) is 0.908. The number of carbonyl (C=O) groups is 1. The van der Waals surface area contributed by atoms with E-state index in [4.69, 9.17) is 11.6 Å². The second-order valence-electron chi connectivity index (χ2n) is 4.95. The largest absolute Gasteiger partial charge is 0.345 e. The SMILES string of the molecule is CNCC1CCN(C(=O)c2cc(Cl)cn2C)CC1. The Balaban J connectivity index is 1.97. The molecule has 1 fully saturated rings. The van der Waals surface area contributed by atoms with Gasteiger partial charge in [0.1, 0.15) is 5.69 Å². The van der Waals surface area contributed by atoms with Crippen LogP contribution in [0.3, 0.4) is 0 Å². The van der Waals surface area contributed by atoms with Crippen LogP contribution in [0.2, 0.25) is 5.02 Å². The van der Waals surface area contributed by atoms with E-state index in [9.17, 15) is 4.79 Å². The third kappa shape index (κ3) is 2.87. The molecule has 18 heavy (non-hydrogen) atoms. The number of nitrogens with zero attached hydrogens (tertiary/aromatic N) is 2. The summed E-state index contributed by atoms with van der Waals surface area (Å²) in [6.07, 6.45) is 3.91. The average molecular weight is 270 g/mol. The Morgan fingerprint density at radius 1 is 1.50 bits per heavy atom. The first-order chi connectivity index (χ1) is 8.61. The minimum Gasteiger partial charge on any atom is -0.345 e. The van der Waals surface area contributed by atoms with Crippen LogP contribution >= 0.6 is 11.6 Å². The number of likely N-dealkylation sites (tertiary alicyclic amines) is 1. The van der Waals surface area contributed by atoms with Crippen molar-refractivity contribution in [3.8, 4) is 0 Å². The number of hydrogen-bond acceptors (Lipinski definition) is 2. The number of amides is 1. The number of hydrogen-bond donors (Lipinski definition) is 1. The first kappa shape index (κ1) is 13.4. The van der Waals surface area contributed by atoms with Gasteiger partial charge in [0.15, 0.2) is 0 Å². The molecule has 1 amide bonds. The predicted molar refractivity (Wildman–Crippen MR) is 73.0 cm³/mol.